The van der Waals surface area contributed by atoms with Crippen molar-refractivity contribution in [3.63, 3.8) is 0 Å². The molecule has 3 heterocycles. The molecule has 5 rings (SSSR count). The molecule has 0 radical (unpaired) electrons. The monoisotopic (exact) mass is 425 g/mol. The van der Waals surface area contributed by atoms with Gasteiger partial charge in [0.2, 0.25) is 0 Å². The van der Waals surface area contributed by atoms with Gasteiger partial charge in [-0.3, -0.25) is 0 Å². The summed E-state index contributed by atoms with van der Waals surface area (Å²) < 4.78 is 7.36. The Morgan fingerprint density at radius 2 is 1.74 bits per heavy atom. The van der Waals surface area contributed by atoms with Crippen LogP contribution in [-0.2, 0) is 4.74 Å². The number of benzene rings is 2. The number of phenolic OH excluding ortho intramolecular Hbond substituents is 1. The van der Waals surface area contributed by atoms with Gasteiger partial charge >= 0.3 is 0 Å². The Labute approximate surface area is 177 Å². The summed E-state index contributed by atoms with van der Waals surface area (Å²) in [5.41, 5.74) is 3.96. The first-order valence-corrected chi connectivity index (χ1v) is 10.2. The third kappa shape index (κ3) is 2.91. The third-order valence-corrected chi connectivity index (χ3v) is 6.48. The molecule has 5 atom stereocenters. The van der Waals surface area contributed by atoms with E-state index in [1.54, 1.807) is 22.9 Å². The van der Waals surface area contributed by atoms with Crippen molar-refractivity contribution >= 4 is 32.6 Å². The molecule has 1 aliphatic heterocycles. The largest absolute Gasteiger partial charge is 0.508 e. The molecule has 31 heavy (non-hydrogen) atoms. The molecule has 1 fully saturated rings. The van der Waals surface area contributed by atoms with Crippen molar-refractivity contribution in [3.05, 3.63) is 47.8 Å². The van der Waals surface area contributed by atoms with Gasteiger partial charge in [0.05, 0.1) is 12.1 Å². The van der Waals surface area contributed by atoms with Crippen LogP contribution >= 0.6 is 0 Å². The Morgan fingerprint density at radius 1 is 0.968 bits per heavy atom. The summed E-state index contributed by atoms with van der Waals surface area (Å²) >= 11 is 0. The minimum absolute atomic E-state index is 0.190. The number of nitrogens with zero attached hydrogens (tertiary/aromatic N) is 1. The molecule has 2 aromatic heterocycles. The SMILES string of the molecule is Cc1c2cc[n+]([C@@H]3O[C@H](CO)[C@@H](O)[C@@H](O)[C@H]3O)cc2c(C)c2c1[nH]c1ccc(O)cc12. The first-order chi connectivity index (χ1) is 14.8. The predicted octanol–water partition coefficient (Wildman–Crippen LogP) is 1.06. The van der Waals surface area contributed by atoms with Crippen molar-refractivity contribution in [2.75, 3.05) is 6.61 Å². The van der Waals surface area contributed by atoms with Gasteiger partial charge in [-0.05, 0) is 48.6 Å². The number of H-pyrrole nitrogens is 1. The summed E-state index contributed by atoms with van der Waals surface area (Å²) in [6.07, 6.45) is -2.57. The van der Waals surface area contributed by atoms with Crippen molar-refractivity contribution in [2.45, 2.75) is 44.5 Å². The van der Waals surface area contributed by atoms with Gasteiger partial charge in [-0.15, -0.1) is 0 Å². The molecule has 0 amide bonds. The van der Waals surface area contributed by atoms with Crippen LogP contribution in [0.5, 0.6) is 5.75 Å². The lowest BCUT2D eigenvalue weighted by Gasteiger charge is -2.36. The molecule has 0 saturated carbocycles. The zero-order chi connectivity index (χ0) is 22.0. The van der Waals surface area contributed by atoms with Crippen LogP contribution in [0.1, 0.15) is 17.4 Å². The van der Waals surface area contributed by atoms with Crippen molar-refractivity contribution in [3.8, 4) is 5.75 Å². The fourth-order valence-electron chi connectivity index (χ4n) is 4.74. The highest BCUT2D eigenvalue weighted by atomic mass is 16.6. The Morgan fingerprint density at radius 3 is 2.48 bits per heavy atom. The minimum Gasteiger partial charge on any atom is -0.508 e. The normalized spacial score (nSPS) is 26.8. The van der Waals surface area contributed by atoms with Crippen LogP contribution in [-0.4, -0.2) is 61.5 Å². The van der Waals surface area contributed by atoms with Crippen LogP contribution in [0.3, 0.4) is 0 Å². The van der Waals surface area contributed by atoms with Crippen LogP contribution in [0.15, 0.2) is 36.7 Å². The summed E-state index contributed by atoms with van der Waals surface area (Å²) in [5.74, 6) is 0.190. The lowest BCUT2D eigenvalue weighted by Crippen LogP contribution is -2.62. The van der Waals surface area contributed by atoms with E-state index in [1.807, 2.05) is 32.2 Å². The maximum atomic E-state index is 10.5. The highest BCUT2D eigenvalue weighted by Crippen LogP contribution is 2.37. The summed E-state index contributed by atoms with van der Waals surface area (Å²) in [6.45, 7) is 3.55. The predicted molar refractivity (Wildman–Crippen MR) is 114 cm³/mol. The molecule has 4 aromatic rings. The van der Waals surface area contributed by atoms with Gasteiger partial charge in [0.15, 0.2) is 18.5 Å². The molecule has 162 valence electrons. The summed E-state index contributed by atoms with van der Waals surface area (Å²) in [6, 6.07) is 7.15. The van der Waals surface area contributed by atoms with Crippen molar-refractivity contribution in [2.24, 2.45) is 0 Å². The smallest absolute Gasteiger partial charge is 0.292 e. The molecular weight excluding hydrogens is 400 g/mol. The van der Waals surface area contributed by atoms with Gasteiger partial charge in [-0.25, -0.2) is 0 Å². The van der Waals surface area contributed by atoms with E-state index in [1.165, 1.54) is 0 Å². The Balaban J connectivity index is 1.72. The number of rotatable bonds is 2. The van der Waals surface area contributed by atoms with Crippen LogP contribution in [0.25, 0.3) is 32.6 Å². The minimum atomic E-state index is -1.44. The van der Waals surface area contributed by atoms with Gasteiger partial charge in [0.25, 0.3) is 6.23 Å². The molecule has 0 aliphatic carbocycles. The number of fused-ring (bicyclic) bond motifs is 4. The fourth-order valence-corrected chi connectivity index (χ4v) is 4.74. The van der Waals surface area contributed by atoms with Crippen LogP contribution < -0.4 is 4.57 Å². The van der Waals surface area contributed by atoms with E-state index in [0.29, 0.717) is 0 Å². The number of pyridine rings is 1. The topological polar surface area (TPSA) is 130 Å². The second kappa shape index (κ2) is 7.15. The van der Waals surface area contributed by atoms with Crippen molar-refractivity contribution < 1.29 is 34.8 Å². The molecule has 1 saturated heterocycles. The molecular formula is C23H25N2O6+. The summed E-state index contributed by atoms with van der Waals surface area (Å²) in [7, 11) is 0. The average Bonchev–Trinajstić information content (AvgIpc) is 3.15. The number of aliphatic hydroxyl groups excluding tert-OH is 4. The average molecular weight is 425 g/mol. The molecule has 2 aromatic carbocycles. The van der Waals surface area contributed by atoms with Gasteiger partial charge in [-0.1, -0.05) is 0 Å². The van der Waals surface area contributed by atoms with Gasteiger partial charge in [-0.2, -0.15) is 4.57 Å². The second-order valence-electron chi connectivity index (χ2n) is 8.29. The van der Waals surface area contributed by atoms with E-state index < -0.39 is 37.3 Å². The van der Waals surface area contributed by atoms with E-state index in [2.05, 4.69) is 4.98 Å². The highest BCUT2D eigenvalue weighted by Gasteiger charge is 2.48. The number of aliphatic hydroxyl groups is 4. The quantitative estimate of drug-likeness (QED) is 0.266. The number of aromatic hydroxyl groups is 1. The Hall–Kier alpha value is -2.75. The number of ether oxygens (including phenoxy) is 1. The number of aromatic nitrogens is 2. The van der Waals surface area contributed by atoms with E-state index in [-0.39, 0.29) is 5.75 Å². The van der Waals surface area contributed by atoms with Crippen LogP contribution in [0.2, 0.25) is 0 Å². The molecule has 8 nitrogen and oxygen atoms in total. The van der Waals surface area contributed by atoms with E-state index in [9.17, 15) is 25.5 Å². The molecule has 1 aliphatic rings. The zero-order valence-electron chi connectivity index (χ0n) is 17.1. The highest BCUT2D eigenvalue weighted by molar-refractivity contribution is 6.16. The number of phenols is 1. The first kappa shape index (κ1) is 20.2. The van der Waals surface area contributed by atoms with Gasteiger partial charge < -0.3 is 35.3 Å². The van der Waals surface area contributed by atoms with Crippen molar-refractivity contribution in [1.82, 2.24) is 4.98 Å². The van der Waals surface area contributed by atoms with Crippen molar-refractivity contribution in [1.29, 1.82) is 0 Å². The number of aryl methyl sites for hydroxylation is 2. The molecule has 0 unspecified atom stereocenters. The third-order valence-electron chi connectivity index (χ3n) is 6.48. The maximum absolute atomic E-state index is 10.5. The van der Waals surface area contributed by atoms with Crippen LogP contribution in [0, 0.1) is 13.8 Å². The second-order valence-corrected chi connectivity index (χ2v) is 8.29. The lowest BCUT2D eigenvalue weighted by atomic mass is 9.96. The molecule has 8 heteroatoms. The number of hydrogen-bond acceptors (Lipinski definition) is 6. The lowest BCUT2D eigenvalue weighted by molar-refractivity contribution is -0.777. The van der Waals surface area contributed by atoms with E-state index in [4.69, 9.17) is 4.74 Å². The van der Waals surface area contributed by atoms with E-state index in [0.717, 1.165) is 43.7 Å². The van der Waals surface area contributed by atoms with E-state index >= 15 is 0 Å². The standard InChI is InChI=1S/C23H24N2O6/c1-10-15-8-25(23-22(30)21(29)20(28)17(9-26)31-23)6-5-13(15)11(2)19-18(10)14-7-12(27)3-4-16(14)24-19/h3-8,17,20-23,26-30H,9H2,1-2H3/p+1/t17-,20-,21-,22-,23-/m1/s1. The van der Waals surface area contributed by atoms with Gasteiger partial charge in [0, 0.05) is 27.7 Å². The number of aromatic amines is 1. The zero-order valence-corrected chi connectivity index (χ0v) is 17.1. The fraction of sp³-hybridized carbons (Fsp3) is 0.348. The molecule has 6 N–H and O–H groups in total. The first-order valence-electron chi connectivity index (χ1n) is 10.2. The summed E-state index contributed by atoms with van der Waals surface area (Å²) in [5, 5.41) is 54.1. The summed E-state index contributed by atoms with van der Waals surface area (Å²) in [4.78, 5) is 3.44. The Bertz CT molecular complexity index is 1310. The number of nitrogens with one attached hydrogen (secondary N) is 1. The molecule has 0 bridgehead atoms. The van der Waals surface area contributed by atoms with Gasteiger partial charge in [0.1, 0.15) is 24.1 Å². The Kier molecular flexibility index (Phi) is 4.65. The maximum Gasteiger partial charge on any atom is 0.292 e. The van der Waals surface area contributed by atoms with Crippen LogP contribution in [0.4, 0.5) is 0 Å². The molecule has 0 spiro atoms. The number of hydrogen-bond donors (Lipinski definition) is 6.